The van der Waals surface area contributed by atoms with E-state index in [0.717, 1.165) is 0 Å². The summed E-state index contributed by atoms with van der Waals surface area (Å²) in [5.41, 5.74) is 7.78. The maximum absolute atomic E-state index is 11.6. The number of nitrogens with zero attached hydrogens (tertiary/aromatic N) is 4. The second-order valence-electron chi connectivity index (χ2n) is 6.23. The molecule has 3 aromatic rings. The van der Waals surface area contributed by atoms with Crippen molar-refractivity contribution in [2.75, 3.05) is 19.8 Å². The van der Waals surface area contributed by atoms with E-state index >= 15 is 0 Å². The van der Waals surface area contributed by atoms with E-state index in [4.69, 9.17) is 14.9 Å². The minimum atomic E-state index is -0.684. The fraction of sp³-hybridized carbons (Fsp3) is 0.211. The number of pyridine rings is 1. The van der Waals surface area contributed by atoms with Crippen molar-refractivity contribution < 1.29 is 18.7 Å². The van der Waals surface area contributed by atoms with Crippen molar-refractivity contribution >= 4 is 18.5 Å². The molecule has 3 heterocycles. The highest BCUT2D eigenvalue weighted by atomic mass is 16.6. The summed E-state index contributed by atoms with van der Waals surface area (Å²) in [6.07, 6.45) is 1.59. The third-order valence-electron chi connectivity index (χ3n) is 3.90. The lowest BCUT2D eigenvalue weighted by molar-refractivity contribution is -0.110. The van der Waals surface area contributed by atoms with Crippen LogP contribution in [0.3, 0.4) is 0 Å². The Morgan fingerprint density at radius 1 is 1.24 bits per heavy atom. The molecule has 0 radical (unpaired) electrons. The predicted molar refractivity (Wildman–Crippen MR) is 103 cm³/mol. The largest absolute Gasteiger partial charge is 0.463 e. The number of nitrogens with one attached hydrogen (secondary N) is 1. The molecule has 0 aliphatic heterocycles. The van der Waals surface area contributed by atoms with Crippen molar-refractivity contribution in [2.24, 2.45) is 0 Å². The quantitative estimate of drug-likeness (QED) is 0.576. The molecule has 0 aliphatic rings. The van der Waals surface area contributed by atoms with Gasteiger partial charge in [-0.1, -0.05) is 6.07 Å². The van der Waals surface area contributed by atoms with Gasteiger partial charge in [0.15, 0.2) is 5.76 Å². The number of furan rings is 1. The van der Waals surface area contributed by atoms with Gasteiger partial charge in [-0.3, -0.25) is 9.78 Å². The van der Waals surface area contributed by atoms with Crippen LogP contribution < -0.4 is 11.1 Å². The van der Waals surface area contributed by atoms with Crippen molar-refractivity contribution in [3.8, 4) is 11.5 Å². The number of ether oxygens (including phenoxy) is 1. The SMILES string of the molecule is CN(C)C(=O)OCc1cccc(C(NC=O)c2cc(-c3ccco3)nc(N)n2)n1. The maximum Gasteiger partial charge on any atom is 0.409 e. The van der Waals surface area contributed by atoms with Gasteiger partial charge in [0.05, 0.1) is 23.3 Å². The van der Waals surface area contributed by atoms with Gasteiger partial charge in [-0.2, -0.15) is 0 Å². The minimum absolute atomic E-state index is 0.0117. The molecule has 0 aromatic carbocycles. The Morgan fingerprint density at radius 3 is 2.76 bits per heavy atom. The number of anilines is 1. The summed E-state index contributed by atoms with van der Waals surface area (Å²) < 4.78 is 10.5. The molecule has 10 nitrogen and oxygen atoms in total. The smallest absolute Gasteiger partial charge is 0.409 e. The maximum atomic E-state index is 11.6. The number of hydrogen-bond donors (Lipinski definition) is 2. The van der Waals surface area contributed by atoms with Gasteiger partial charge < -0.3 is 25.1 Å². The number of amides is 2. The van der Waals surface area contributed by atoms with E-state index in [0.29, 0.717) is 34.9 Å². The van der Waals surface area contributed by atoms with Crippen LogP contribution in [0, 0.1) is 0 Å². The Morgan fingerprint density at radius 2 is 2.07 bits per heavy atom. The molecule has 150 valence electrons. The zero-order valence-electron chi connectivity index (χ0n) is 15.9. The molecule has 0 spiro atoms. The first-order valence-electron chi connectivity index (χ1n) is 8.66. The third-order valence-corrected chi connectivity index (χ3v) is 3.90. The number of hydrogen-bond acceptors (Lipinski definition) is 8. The average Bonchev–Trinajstić information content (AvgIpc) is 3.25. The lowest BCUT2D eigenvalue weighted by atomic mass is 10.1. The number of nitrogens with two attached hydrogens (primary N) is 1. The van der Waals surface area contributed by atoms with Crippen molar-refractivity contribution in [1.29, 1.82) is 0 Å². The Hall–Kier alpha value is -3.95. The highest BCUT2D eigenvalue weighted by Crippen LogP contribution is 2.25. The van der Waals surface area contributed by atoms with E-state index in [2.05, 4.69) is 20.3 Å². The zero-order chi connectivity index (χ0) is 20.8. The number of carbonyl (C=O) groups is 2. The second-order valence-corrected chi connectivity index (χ2v) is 6.23. The molecule has 3 rings (SSSR count). The fourth-order valence-corrected chi connectivity index (χ4v) is 2.58. The van der Waals surface area contributed by atoms with Crippen molar-refractivity contribution in [3.63, 3.8) is 0 Å². The molecule has 3 aromatic heterocycles. The van der Waals surface area contributed by atoms with E-state index in [1.54, 1.807) is 50.5 Å². The molecule has 0 saturated heterocycles. The van der Waals surface area contributed by atoms with E-state index in [1.807, 2.05) is 0 Å². The average molecular weight is 396 g/mol. The van der Waals surface area contributed by atoms with Gasteiger partial charge in [0.1, 0.15) is 18.3 Å². The first kappa shape index (κ1) is 19.8. The molecule has 10 heteroatoms. The number of aromatic nitrogens is 3. The normalized spacial score (nSPS) is 11.5. The van der Waals surface area contributed by atoms with Gasteiger partial charge in [-0.05, 0) is 30.3 Å². The highest BCUT2D eigenvalue weighted by molar-refractivity contribution is 5.66. The van der Waals surface area contributed by atoms with Crippen LogP contribution in [-0.4, -0.2) is 46.5 Å². The lowest BCUT2D eigenvalue weighted by Crippen LogP contribution is -2.24. The number of nitrogen functional groups attached to an aromatic ring is 1. The molecule has 29 heavy (non-hydrogen) atoms. The Bertz CT molecular complexity index is 990. The molecule has 2 amide bonds. The summed E-state index contributed by atoms with van der Waals surface area (Å²) in [5.74, 6) is 0.546. The molecule has 0 fully saturated rings. The van der Waals surface area contributed by atoms with Gasteiger partial charge in [0, 0.05) is 14.1 Å². The molecule has 1 atom stereocenters. The Labute approximate surface area is 166 Å². The molecule has 0 aliphatic carbocycles. The predicted octanol–water partition coefficient (Wildman–Crippen LogP) is 1.75. The third kappa shape index (κ3) is 4.86. The van der Waals surface area contributed by atoms with E-state index < -0.39 is 12.1 Å². The van der Waals surface area contributed by atoms with Gasteiger partial charge in [0.2, 0.25) is 12.4 Å². The van der Waals surface area contributed by atoms with Crippen LogP contribution in [0.1, 0.15) is 23.1 Å². The van der Waals surface area contributed by atoms with Crippen LogP contribution in [0.4, 0.5) is 10.7 Å². The summed E-state index contributed by atoms with van der Waals surface area (Å²) in [4.78, 5) is 37.1. The van der Waals surface area contributed by atoms with Crippen LogP contribution >= 0.6 is 0 Å². The summed E-state index contributed by atoms with van der Waals surface area (Å²) in [7, 11) is 3.18. The summed E-state index contributed by atoms with van der Waals surface area (Å²) >= 11 is 0. The van der Waals surface area contributed by atoms with Crippen LogP contribution in [0.15, 0.2) is 47.1 Å². The Balaban J connectivity index is 1.91. The highest BCUT2D eigenvalue weighted by Gasteiger charge is 2.20. The van der Waals surface area contributed by atoms with Gasteiger partial charge >= 0.3 is 6.09 Å². The van der Waals surface area contributed by atoms with Crippen molar-refractivity contribution in [3.05, 3.63) is 59.7 Å². The fourth-order valence-electron chi connectivity index (χ4n) is 2.58. The number of rotatable bonds is 7. The van der Waals surface area contributed by atoms with Gasteiger partial charge in [0.25, 0.3) is 0 Å². The molecular formula is C19H20N6O4. The first-order chi connectivity index (χ1) is 14.0. The molecule has 0 saturated carbocycles. The molecular weight excluding hydrogens is 376 g/mol. The van der Waals surface area contributed by atoms with Gasteiger partial charge in [-0.25, -0.2) is 14.8 Å². The molecule has 0 bridgehead atoms. The molecule has 1 unspecified atom stereocenters. The summed E-state index contributed by atoms with van der Waals surface area (Å²) in [6, 6.07) is 9.64. The van der Waals surface area contributed by atoms with Crippen LogP contribution in [0.25, 0.3) is 11.5 Å². The van der Waals surface area contributed by atoms with E-state index in [-0.39, 0.29) is 12.6 Å². The lowest BCUT2D eigenvalue weighted by Gasteiger charge is -2.17. The van der Waals surface area contributed by atoms with Crippen LogP contribution in [0.5, 0.6) is 0 Å². The molecule has 3 N–H and O–H groups in total. The van der Waals surface area contributed by atoms with Crippen molar-refractivity contribution in [2.45, 2.75) is 12.6 Å². The Kier molecular flexibility index (Phi) is 6.03. The standard InChI is InChI=1S/C19H20N6O4/c1-25(2)19(27)29-10-12-5-3-6-13(22-12)17(21-11-26)15-9-14(23-18(20)24-15)16-7-4-8-28-16/h3-9,11,17H,10H2,1-2H3,(H,21,26)(H2,20,23,24). The minimum Gasteiger partial charge on any atom is -0.463 e. The van der Waals surface area contributed by atoms with Crippen LogP contribution in [-0.2, 0) is 16.1 Å². The topological polar surface area (TPSA) is 136 Å². The van der Waals surface area contributed by atoms with E-state index in [1.165, 1.54) is 11.2 Å². The number of carbonyl (C=O) groups excluding carboxylic acids is 2. The van der Waals surface area contributed by atoms with Crippen molar-refractivity contribution in [1.82, 2.24) is 25.2 Å². The monoisotopic (exact) mass is 396 g/mol. The summed E-state index contributed by atoms with van der Waals surface area (Å²) in [6.45, 7) is -0.0117. The van der Waals surface area contributed by atoms with Gasteiger partial charge in [-0.15, -0.1) is 0 Å². The summed E-state index contributed by atoms with van der Waals surface area (Å²) in [5, 5.41) is 2.69. The van der Waals surface area contributed by atoms with E-state index in [9.17, 15) is 9.59 Å². The second kappa shape index (κ2) is 8.83. The zero-order valence-corrected chi connectivity index (χ0v) is 15.9. The van der Waals surface area contributed by atoms with Crippen LogP contribution in [0.2, 0.25) is 0 Å². The first-order valence-corrected chi connectivity index (χ1v) is 8.66.